The first-order valence-corrected chi connectivity index (χ1v) is 7.90. The minimum atomic E-state index is -0.844. The molecule has 0 aliphatic carbocycles. The summed E-state index contributed by atoms with van der Waals surface area (Å²) in [7, 11) is 1.60. The summed E-state index contributed by atoms with van der Waals surface area (Å²) < 4.78 is 5.33. The lowest BCUT2D eigenvalue weighted by Gasteiger charge is -2.34. The van der Waals surface area contributed by atoms with Crippen molar-refractivity contribution in [3.05, 3.63) is 23.8 Å². The normalized spacial score (nSPS) is 20.9. The summed E-state index contributed by atoms with van der Waals surface area (Å²) in [6.07, 6.45) is 1.46. The predicted octanol–water partition coefficient (Wildman–Crippen LogP) is 2.83. The van der Waals surface area contributed by atoms with Crippen molar-refractivity contribution in [2.45, 2.75) is 26.7 Å². The summed E-state index contributed by atoms with van der Waals surface area (Å²) in [4.78, 5) is 25.2. The molecule has 6 nitrogen and oxygen atoms in total. The van der Waals surface area contributed by atoms with E-state index < -0.39 is 11.9 Å². The summed E-state index contributed by atoms with van der Waals surface area (Å²) in [5, 5.41) is 12.0. The van der Waals surface area contributed by atoms with E-state index in [4.69, 9.17) is 4.74 Å². The van der Waals surface area contributed by atoms with Gasteiger partial charge >= 0.3 is 12.0 Å². The summed E-state index contributed by atoms with van der Waals surface area (Å²) in [6.45, 7) is 4.82. The van der Waals surface area contributed by atoms with Gasteiger partial charge in [-0.2, -0.15) is 0 Å². The molecular weight excluding hydrogens is 296 g/mol. The van der Waals surface area contributed by atoms with E-state index >= 15 is 0 Å². The third-order valence-corrected chi connectivity index (χ3v) is 4.22. The minimum Gasteiger partial charge on any atom is -0.496 e. The fraction of sp³-hybridized carbons (Fsp3) is 0.529. The standard InChI is InChI=1S/C17H24N2O4/c1-4-12-5-6-14(8-15(12)23-3)18-17(22)19-9-11(2)7-13(10-19)16(20)21/h5-6,8,11,13H,4,7,9-10H2,1-3H3,(H,18,22)(H,20,21). The van der Waals surface area contributed by atoms with Gasteiger partial charge in [-0.25, -0.2) is 4.79 Å². The molecule has 2 rings (SSSR count). The average molecular weight is 320 g/mol. The number of urea groups is 1. The summed E-state index contributed by atoms with van der Waals surface area (Å²) in [5.41, 5.74) is 1.72. The lowest BCUT2D eigenvalue weighted by Crippen LogP contribution is -2.47. The number of nitrogens with one attached hydrogen (secondary N) is 1. The van der Waals surface area contributed by atoms with Crippen LogP contribution in [0.1, 0.15) is 25.8 Å². The maximum Gasteiger partial charge on any atom is 0.321 e. The summed E-state index contributed by atoms with van der Waals surface area (Å²) in [5.74, 6) is -0.432. The van der Waals surface area contributed by atoms with Gasteiger partial charge in [-0.15, -0.1) is 0 Å². The smallest absolute Gasteiger partial charge is 0.321 e. The molecule has 1 aliphatic rings. The number of anilines is 1. The molecule has 6 heteroatoms. The number of aryl methyl sites for hydroxylation is 1. The number of carboxylic acids is 1. The molecule has 0 aromatic heterocycles. The third kappa shape index (κ3) is 4.15. The Morgan fingerprint density at radius 3 is 2.74 bits per heavy atom. The van der Waals surface area contributed by atoms with E-state index in [0.717, 1.165) is 17.7 Å². The molecule has 1 fully saturated rings. The highest BCUT2D eigenvalue weighted by molar-refractivity contribution is 5.90. The Balaban J connectivity index is 2.07. The number of rotatable bonds is 4. The molecule has 1 aromatic rings. The van der Waals surface area contributed by atoms with E-state index in [0.29, 0.717) is 18.7 Å². The van der Waals surface area contributed by atoms with Crippen LogP contribution in [-0.4, -0.2) is 42.2 Å². The van der Waals surface area contributed by atoms with Gasteiger partial charge in [-0.3, -0.25) is 4.79 Å². The van der Waals surface area contributed by atoms with E-state index in [9.17, 15) is 14.7 Å². The number of hydrogen-bond acceptors (Lipinski definition) is 3. The molecule has 1 saturated heterocycles. The number of carboxylic acid groups (broad SMARTS) is 1. The number of carbonyl (C=O) groups is 2. The van der Waals surface area contributed by atoms with Crippen molar-refractivity contribution in [3.8, 4) is 5.75 Å². The van der Waals surface area contributed by atoms with Gasteiger partial charge in [-0.05, 0) is 30.4 Å². The van der Waals surface area contributed by atoms with Crippen molar-refractivity contribution >= 4 is 17.7 Å². The zero-order valence-electron chi connectivity index (χ0n) is 13.8. The quantitative estimate of drug-likeness (QED) is 0.894. The lowest BCUT2D eigenvalue weighted by atomic mass is 9.91. The Morgan fingerprint density at radius 1 is 1.39 bits per heavy atom. The van der Waals surface area contributed by atoms with Gasteiger partial charge < -0.3 is 20.1 Å². The highest BCUT2D eigenvalue weighted by atomic mass is 16.5. The number of benzene rings is 1. The molecule has 0 saturated carbocycles. The van der Waals surface area contributed by atoms with Crippen LogP contribution >= 0.6 is 0 Å². The van der Waals surface area contributed by atoms with Crippen molar-refractivity contribution < 1.29 is 19.4 Å². The largest absolute Gasteiger partial charge is 0.496 e. The molecular formula is C17H24N2O4. The van der Waals surface area contributed by atoms with Crippen molar-refractivity contribution in [2.75, 3.05) is 25.5 Å². The van der Waals surface area contributed by atoms with Crippen molar-refractivity contribution in [1.29, 1.82) is 0 Å². The van der Waals surface area contributed by atoms with E-state index in [1.165, 1.54) is 0 Å². The Kier molecular flexibility index (Phi) is 5.47. The Labute approximate surface area is 136 Å². The van der Waals surface area contributed by atoms with Gasteiger partial charge in [0.15, 0.2) is 0 Å². The fourth-order valence-electron chi connectivity index (χ4n) is 3.01. The second kappa shape index (κ2) is 7.35. The third-order valence-electron chi connectivity index (χ3n) is 4.22. The predicted molar refractivity (Wildman–Crippen MR) is 87.9 cm³/mol. The number of hydrogen-bond donors (Lipinski definition) is 2. The molecule has 1 heterocycles. The molecule has 2 N–H and O–H groups in total. The number of nitrogens with zero attached hydrogens (tertiary/aromatic N) is 1. The second-order valence-corrected chi connectivity index (χ2v) is 6.09. The van der Waals surface area contributed by atoms with Gasteiger partial charge in [0.25, 0.3) is 0 Å². The van der Waals surface area contributed by atoms with Crippen LogP contribution in [-0.2, 0) is 11.2 Å². The monoisotopic (exact) mass is 320 g/mol. The summed E-state index contributed by atoms with van der Waals surface area (Å²) in [6, 6.07) is 5.28. The van der Waals surface area contributed by atoms with Gasteiger partial charge in [0, 0.05) is 24.8 Å². The van der Waals surface area contributed by atoms with E-state index in [2.05, 4.69) is 5.32 Å². The molecule has 0 radical (unpaired) electrons. The van der Waals surface area contributed by atoms with E-state index in [1.807, 2.05) is 26.0 Å². The molecule has 0 bridgehead atoms. The fourth-order valence-corrected chi connectivity index (χ4v) is 3.01. The number of aliphatic carboxylic acids is 1. The average Bonchev–Trinajstić information content (AvgIpc) is 2.53. The zero-order valence-corrected chi connectivity index (χ0v) is 13.8. The molecule has 1 aromatic carbocycles. The van der Waals surface area contributed by atoms with Crippen LogP contribution in [0.4, 0.5) is 10.5 Å². The number of amides is 2. The lowest BCUT2D eigenvalue weighted by molar-refractivity contribution is -0.143. The van der Waals surface area contributed by atoms with Gasteiger partial charge in [0.05, 0.1) is 13.0 Å². The summed E-state index contributed by atoms with van der Waals surface area (Å²) >= 11 is 0. The van der Waals surface area contributed by atoms with Gasteiger partial charge in [-0.1, -0.05) is 19.9 Å². The molecule has 126 valence electrons. The second-order valence-electron chi connectivity index (χ2n) is 6.09. The van der Waals surface area contributed by atoms with Gasteiger partial charge in [0.2, 0.25) is 0 Å². The van der Waals surface area contributed by atoms with Crippen LogP contribution in [0.25, 0.3) is 0 Å². The number of carbonyl (C=O) groups excluding carboxylic acids is 1. The highest BCUT2D eigenvalue weighted by Crippen LogP contribution is 2.25. The molecule has 23 heavy (non-hydrogen) atoms. The van der Waals surface area contributed by atoms with Crippen molar-refractivity contribution in [1.82, 2.24) is 4.90 Å². The number of methoxy groups -OCH3 is 1. The maximum absolute atomic E-state index is 12.4. The van der Waals surface area contributed by atoms with Crippen molar-refractivity contribution in [3.63, 3.8) is 0 Å². The van der Waals surface area contributed by atoms with Gasteiger partial charge in [0.1, 0.15) is 5.75 Å². The number of piperidine rings is 1. The SMILES string of the molecule is CCc1ccc(NC(=O)N2CC(C)CC(C(=O)O)C2)cc1OC. The van der Waals surface area contributed by atoms with E-state index in [-0.39, 0.29) is 18.5 Å². The Bertz CT molecular complexity index is 588. The number of ether oxygens (including phenoxy) is 1. The van der Waals surface area contributed by atoms with Crippen LogP contribution < -0.4 is 10.1 Å². The molecule has 1 aliphatic heterocycles. The molecule has 0 spiro atoms. The van der Waals surface area contributed by atoms with E-state index in [1.54, 1.807) is 18.1 Å². The first kappa shape index (κ1) is 17.1. The minimum absolute atomic E-state index is 0.174. The topological polar surface area (TPSA) is 78.9 Å². The van der Waals surface area contributed by atoms with Crippen LogP contribution in [0.15, 0.2) is 18.2 Å². The Hall–Kier alpha value is -2.24. The highest BCUT2D eigenvalue weighted by Gasteiger charge is 2.31. The van der Waals surface area contributed by atoms with Crippen molar-refractivity contribution in [2.24, 2.45) is 11.8 Å². The Morgan fingerprint density at radius 2 is 2.13 bits per heavy atom. The van der Waals surface area contributed by atoms with Crippen LogP contribution in [0.2, 0.25) is 0 Å². The van der Waals surface area contributed by atoms with Crippen LogP contribution in [0.3, 0.4) is 0 Å². The maximum atomic E-state index is 12.4. The van der Waals surface area contributed by atoms with Crippen LogP contribution in [0, 0.1) is 11.8 Å². The first-order valence-electron chi connectivity index (χ1n) is 7.90. The molecule has 2 unspecified atom stereocenters. The first-order chi connectivity index (χ1) is 10.9. The molecule has 2 atom stereocenters. The number of likely N-dealkylation sites (tertiary alicyclic amines) is 1. The van der Waals surface area contributed by atoms with Crippen LogP contribution in [0.5, 0.6) is 5.75 Å². The molecule has 2 amide bonds. The zero-order chi connectivity index (χ0) is 17.0.